The number of fused-ring (bicyclic) bond motifs is 1. The zero-order chi connectivity index (χ0) is 20.0. The summed E-state index contributed by atoms with van der Waals surface area (Å²) in [6.07, 6.45) is -1.17. The standard InChI is InChI=1S/C17H12F4N2O3S/c18-10-5-9(8-22)6-11(7-10)23-13-2-4-15(27(25,26)17(19,20)21)16-12(13)1-3-14(16)24/h2,4-7,14,23-24H,1,3H2. The van der Waals surface area contributed by atoms with Gasteiger partial charge in [0.1, 0.15) is 5.82 Å². The van der Waals surface area contributed by atoms with Crippen LogP contribution in [0.4, 0.5) is 28.9 Å². The van der Waals surface area contributed by atoms with Gasteiger partial charge in [0.25, 0.3) is 9.84 Å². The van der Waals surface area contributed by atoms with E-state index in [9.17, 15) is 31.1 Å². The molecule has 0 aromatic heterocycles. The second-order valence-corrected chi connectivity index (χ2v) is 7.88. The van der Waals surface area contributed by atoms with Crippen LogP contribution in [-0.4, -0.2) is 19.0 Å². The molecule has 0 fully saturated rings. The number of rotatable bonds is 3. The van der Waals surface area contributed by atoms with E-state index in [4.69, 9.17) is 5.26 Å². The number of halogens is 4. The van der Waals surface area contributed by atoms with Gasteiger partial charge in [-0.2, -0.15) is 18.4 Å². The van der Waals surface area contributed by atoms with E-state index in [2.05, 4.69) is 5.32 Å². The van der Waals surface area contributed by atoms with Gasteiger partial charge in [-0.25, -0.2) is 12.8 Å². The van der Waals surface area contributed by atoms with Gasteiger partial charge >= 0.3 is 5.51 Å². The lowest BCUT2D eigenvalue weighted by atomic mass is 10.1. The highest BCUT2D eigenvalue weighted by atomic mass is 32.2. The summed E-state index contributed by atoms with van der Waals surface area (Å²) in [5.41, 5.74) is -5.17. The maximum absolute atomic E-state index is 13.6. The third kappa shape index (κ3) is 3.36. The lowest BCUT2D eigenvalue weighted by Crippen LogP contribution is -2.25. The quantitative estimate of drug-likeness (QED) is 0.767. The van der Waals surface area contributed by atoms with Crippen molar-refractivity contribution >= 4 is 21.2 Å². The second kappa shape index (κ2) is 6.51. The van der Waals surface area contributed by atoms with E-state index in [1.54, 1.807) is 6.07 Å². The third-order valence-electron chi connectivity index (χ3n) is 4.22. The normalized spacial score (nSPS) is 16.7. The number of alkyl halides is 3. The maximum atomic E-state index is 13.6. The molecule has 0 heterocycles. The van der Waals surface area contributed by atoms with Crippen molar-refractivity contribution in [2.24, 2.45) is 0 Å². The molecule has 27 heavy (non-hydrogen) atoms. The van der Waals surface area contributed by atoms with E-state index in [0.29, 0.717) is 0 Å². The zero-order valence-corrected chi connectivity index (χ0v) is 14.3. The van der Waals surface area contributed by atoms with Gasteiger partial charge in [-0.3, -0.25) is 0 Å². The smallest absolute Gasteiger partial charge is 0.388 e. The van der Waals surface area contributed by atoms with E-state index < -0.39 is 32.2 Å². The summed E-state index contributed by atoms with van der Waals surface area (Å²) in [4.78, 5) is -0.988. The molecular formula is C17H12F4N2O3S. The summed E-state index contributed by atoms with van der Waals surface area (Å²) in [6, 6.07) is 7.10. The first kappa shape index (κ1) is 19.1. The van der Waals surface area contributed by atoms with Crippen molar-refractivity contribution in [3.63, 3.8) is 0 Å². The van der Waals surface area contributed by atoms with Crippen LogP contribution < -0.4 is 5.32 Å². The SMILES string of the molecule is N#Cc1cc(F)cc(Nc2ccc(S(=O)(=O)C(F)(F)F)c3c2CCC3O)c1. The Balaban J connectivity index is 2.11. The Hall–Kier alpha value is -2.64. The molecule has 5 nitrogen and oxygen atoms in total. The summed E-state index contributed by atoms with van der Waals surface area (Å²) in [6.45, 7) is 0. The monoisotopic (exact) mass is 400 g/mol. The predicted octanol–water partition coefficient (Wildman–Crippen LogP) is 3.71. The number of aliphatic hydroxyl groups excluding tert-OH is 1. The summed E-state index contributed by atoms with van der Waals surface area (Å²) in [7, 11) is -5.63. The van der Waals surface area contributed by atoms with Crippen LogP contribution in [0, 0.1) is 17.1 Å². The fourth-order valence-corrected chi connectivity index (χ4v) is 4.11. The number of nitrogens with one attached hydrogen (secondary N) is 1. The molecule has 1 aliphatic carbocycles. The fraction of sp³-hybridized carbons (Fsp3) is 0.235. The molecule has 0 radical (unpaired) electrons. The number of benzene rings is 2. The van der Waals surface area contributed by atoms with Crippen LogP contribution in [0.15, 0.2) is 35.2 Å². The highest BCUT2D eigenvalue weighted by Crippen LogP contribution is 2.44. The van der Waals surface area contributed by atoms with Gasteiger partial charge in [0.2, 0.25) is 0 Å². The van der Waals surface area contributed by atoms with Crippen LogP contribution in [0.3, 0.4) is 0 Å². The third-order valence-corrected chi connectivity index (χ3v) is 5.76. The van der Waals surface area contributed by atoms with Gasteiger partial charge < -0.3 is 10.4 Å². The van der Waals surface area contributed by atoms with Gasteiger partial charge in [-0.15, -0.1) is 0 Å². The molecule has 2 N–H and O–H groups in total. The average molecular weight is 400 g/mol. The molecule has 0 bridgehead atoms. The van der Waals surface area contributed by atoms with Crippen LogP contribution >= 0.6 is 0 Å². The van der Waals surface area contributed by atoms with Gasteiger partial charge in [-0.05, 0) is 48.7 Å². The topological polar surface area (TPSA) is 90.2 Å². The largest absolute Gasteiger partial charge is 0.501 e. The van der Waals surface area contributed by atoms with Crippen molar-refractivity contribution in [1.29, 1.82) is 5.26 Å². The summed E-state index contributed by atoms with van der Waals surface area (Å²) >= 11 is 0. The zero-order valence-electron chi connectivity index (χ0n) is 13.5. The van der Waals surface area contributed by atoms with Crippen molar-refractivity contribution in [2.75, 3.05) is 5.32 Å². The van der Waals surface area contributed by atoms with Crippen molar-refractivity contribution < 1.29 is 31.1 Å². The summed E-state index contributed by atoms with van der Waals surface area (Å²) in [5.74, 6) is -0.690. The highest BCUT2D eigenvalue weighted by molar-refractivity contribution is 7.92. The molecule has 0 spiro atoms. The molecule has 0 saturated carbocycles. The van der Waals surface area contributed by atoms with Gasteiger partial charge in [0, 0.05) is 16.9 Å². The first-order valence-corrected chi connectivity index (χ1v) is 9.16. The van der Waals surface area contributed by atoms with Crippen molar-refractivity contribution in [3.8, 4) is 6.07 Å². The van der Waals surface area contributed by atoms with Crippen LogP contribution in [0.5, 0.6) is 0 Å². The Kier molecular flexibility index (Phi) is 4.61. The number of nitrogens with zero attached hydrogens (tertiary/aromatic N) is 1. The van der Waals surface area contributed by atoms with Crippen molar-refractivity contribution in [2.45, 2.75) is 29.3 Å². The molecule has 0 aliphatic heterocycles. The van der Waals surface area contributed by atoms with E-state index in [1.165, 1.54) is 6.07 Å². The number of aliphatic hydroxyl groups is 1. The molecule has 1 atom stereocenters. The van der Waals surface area contributed by atoms with Crippen molar-refractivity contribution in [1.82, 2.24) is 0 Å². The molecule has 0 saturated heterocycles. The van der Waals surface area contributed by atoms with E-state index >= 15 is 0 Å². The molecule has 0 amide bonds. The lowest BCUT2D eigenvalue weighted by Gasteiger charge is -2.17. The molecule has 142 valence electrons. The summed E-state index contributed by atoms with van der Waals surface area (Å²) in [5, 5.41) is 21.7. The molecule has 1 aliphatic rings. The van der Waals surface area contributed by atoms with Crippen LogP contribution in [0.1, 0.15) is 29.2 Å². The van der Waals surface area contributed by atoms with E-state index in [0.717, 1.165) is 24.3 Å². The van der Waals surface area contributed by atoms with E-state index in [1.807, 2.05) is 0 Å². The average Bonchev–Trinajstić information content (AvgIpc) is 2.96. The number of hydrogen-bond donors (Lipinski definition) is 2. The molecular weight excluding hydrogens is 388 g/mol. The number of nitriles is 1. The Morgan fingerprint density at radius 1 is 1.22 bits per heavy atom. The molecule has 2 aromatic rings. The first-order valence-electron chi connectivity index (χ1n) is 7.67. The Morgan fingerprint density at radius 2 is 1.93 bits per heavy atom. The van der Waals surface area contributed by atoms with Gasteiger partial charge in [0.05, 0.1) is 22.6 Å². The minimum absolute atomic E-state index is 0.0328. The predicted molar refractivity (Wildman–Crippen MR) is 87.4 cm³/mol. The molecule has 1 unspecified atom stereocenters. The number of hydrogen-bond acceptors (Lipinski definition) is 5. The lowest BCUT2D eigenvalue weighted by molar-refractivity contribution is -0.0437. The highest BCUT2D eigenvalue weighted by Gasteiger charge is 2.49. The van der Waals surface area contributed by atoms with Crippen LogP contribution in [0.25, 0.3) is 0 Å². The van der Waals surface area contributed by atoms with E-state index in [-0.39, 0.29) is 40.9 Å². The molecule has 3 rings (SSSR count). The Morgan fingerprint density at radius 3 is 2.56 bits per heavy atom. The minimum Gasteiger partial charge on any atom is -0.388 e. The van der Waals surface area contributed by atoms with Crippen LogP contribution in [0.2, 0.25) is 0 Å². The Bertz CT molecular complexity index is 1060. The molecule has 2 aromatic carbocycles. The van der Waals surface area contributed by atoms with Crippen molar-refractivity contribution in [3.05, 3.63) is 52.8 Å². The minimum atomic E-state index is -5.63. The summed E-state index contributed by atoms with van der Waals surface area (Å²) < 4.78 is 76.0. The number of anilines is 2. The van der Waals surface area contributed by atoms with Gasteiger partial charge in [0.15, 0.2) is 0 Å². The molecule has 10 heteroatoms. The maximum Gasteiger partial charge on any atom is 0.501 e. The number of sulfone groups is 1. The Labute approximate surface area is 151 Å². The van der Waals surface area contributed by atoms with Gasteiger partial charge in [-0.1, -0.05) is 0 Å². The van der Waals surface area contributed by atoms with Crippen LogP contribution in [-0.2, 0) is 16.3 Å². The second-order valence-electron chi connectivity index (χ2n) is 5.97. The first-order chi connectivity index (χ1) is 12.5. The fourth-order valence-electron chi connectivity index (χ4n) is 3.06.